The van der Waals surface area contributed by atoms with Gasteiger partial charge in [0, 0.05) is 36.7 Å². The Bertz CT molecular complexity index is 954. The fourth-order valence-corrected chi connectivity index (χ4v) is 4.40. The van der Waals surface area contributed by atoms with Crippen molar-refractivity contribution < 1.29 is 4.79 Å². The Kier molecular flexibility index (Phi) is 5.11. The summed E-state index contributed by atoms with van der Waals surface area (Å²) in [6.45, 7) is 5.66. The number of pyridine rings is 2. The van der Waals surface area contributed by atoms with Crippen LogP contribution >= 0.6 is 11.8 Å². The quantitative estimate of drug-likeness (QED) is 0.646. The minimum atomic E-state index is 0.0600. The first-order valence-electron chi connectivity index (χ1n) is 9.34. The number of rotatable bonds is 4. The maximum atomic E-state index is 13.2. The minimum absolute atomic E-state index is 0.0600. The van der Waals surface area contributed by atoms with Gasteiger partial charge in [-0.2, -0.15) is 0 Å². The molecule has 7 heteroatoms. The number of fused-ring (bicyclic) bond motifs is 1. The Morgan fingerprint density at radius 1 is 1.22 bits per heavy atom. The number of thioether (sulfide) groups is 1. The molecule has 0 N–H and O–H groups in total. The highest BCUT2D eigenvalue weighted by Gasteiger charge is 2.29. The Morgan fingerprint density at radius 2 is 2.11 bits per heavy atom. The molecule has 4 rings (SSSR count). The lowest BCUT2D eigenvalue weighted by molar-refractivity contribution is 0.0700. The van der Waals surface area contributed by atoms with E-state index in [9.17, 15) is 4.79 Å². The van der Waals surface area contributed by atoms with Gasteiger partial charge in [0.05, 0.1) is 5.56 Å². The van der Waals surface area contributed by atoms with Crippen LogP contribution in [0.1, 0.15) is 48.8 Å². The highest BCUT2D eigenvalue weighted by Crippen LogP contribution is 2.29. The second kappa shape index (κ2) is 7.68. The lowest BCUT2D eigenvalue weighted by Crippen LogP contribution is -2.39. The van der Waals surface area contributed by atoms with Gasteiger partial charge in [0.15, 0.2) is 5.65 Å². The first-order chi connectivity index (χ1) is 13.1. The zero-order valence-electron chi connectivity index (χ0n) is 15.6. The molecule has 27 heavy (non-hydrogen) atoms. The summed E-state index contributed by atoms with van der Waals surface area (Å²) in [5.74, 6) is 1.19. The molecule has 0 saturated carbocycles. The maximum absolute atomic E-state index is 13.2. The van der Waals surface area contributed by atoms with Crippen LogP contribution in [0, 0.1) is 0 Å². The van der Waals surface area contributed by atoms with Crippen LogP contribution in [0.4, 0.5) is 0 Å². The van der Waals surface area contributed by atoms with Crippen molar-refractivity contribution >= 4 is 23.3 Å². The van der Waals surface area contributed by atoms with Crippen molar-refractivity contribution in [2.45, 2.75) is 42.9 Å². The van der Waals surface area contributed by atoms with Crippen molar-refractivity contribution in [1.82, 2.24) is 24.5 Å². The highest BCUT2D eigenvalue weighted by atomic mass is 32.2. The van der Waals surface area contributed by atoms with E-state index < -0.39 is 0 Å². The zero-order chi connectivity index (χ0) is 18.8. The van der Waals surface area contributed by atoms with Crippen molar-refractivity contribution in [3.63, 3.8) is 0 Å². The van der Waals surface area contributed by atoms with Gasteiger partial charge in [-0.3, -0.25) is 9.20 Å². The summed E-state index contributed by atoms with van der Waals surface area (Å²) >= 11 is 1.63. The molecular formula is C20H23N5OS. The van der Waals surface area contributed by atoms with Crippen LogP contribution in [-0.2, 0) is 0 Å². The first-order valence-corrected chi connectivity index (χ1v) is 10.2. The summed E-state index contributed by atoms with van der Waals surface area (Å²) < 4.78 is 2.03. The minimum Gasteiger partial charge on any atom is -0.338 e. The van der Waals surface area contributed by atoms with E-state index in [1.54, 1.807) is 18.0 Å². The second-order valence-electron chi connectivity index (χ2n) is 7.10. The number of amides is 1. The van der Waals surface area contributed by atoms with E-state index in [0.29, 0.717) is 17.4 Å². The summed E-state index contributed by atoms with van der Waals surface area (Å²) in [5.41, 5.74) is 1.54. The van der Waals surface area contributed by atoms with Crippen molar-refractivity contribution in [2.75, 3.05) is 13.1 Å². The third-order valence-electron chi connectivity index (χ3n) is 4.76. The molecule has 0 radical (unpaired) electrons. The number of carbonyl (C=O) groups is 1. The number of piperidine rings is 1. The number of nitrogens with zero attached hydrogens (tertiary/aromatic N) is 5. The molecule has 1 aliphatic rings. The van der Waals surface area contributed by atoms with Crippen LogP contribution in [0.5, 0.6) is 0 Å². The fraction of sp³-hybridized carbons (Fsp3) is 0.400. The maximum Gasteiger partial charge on any atom is 0.256 e. The summed E-state index contributed by atoms with van der Waals surface area (Å²) in [6.07, 6.45) is 5.72. The van der Waals surface area contributed by atoms with E-state index in [1.165, 1.54) is 0 Å². The molecule has 6 nitrogen and oxygen atoms in total. The van der Waals surface area contributed by atoms with E-state index in [0.717, 1.165) is 35.9 Å². The van der Waals surface area contributed by atoms with Crippen LogP contribution in [0.25, 0.3) is 5.65 Å². The van der Waals surface area contributed by atoms with Gasteiger partial charge in [0.1, 0.15) is 10.9 Å². The summed E-state index contributed by atoms with van der Waals surface area (Å²) in [7, 11) is 0. The van der Waals surface area contributed by atoms with E-state index in [1.807, 2.05) is 45.8 Å². The molecule has 1 saturated heterocycles. The van der Waals surface area contributed by atoms with Crippen LogP contribution in [0.15, 0.2) is 47.8 Å². The molecule has 3 aromatic heterocycles. The monoisotopic (exact) mass is 381 g/mol. The molecule has 0 spiro atoms. The summed E-state index contributed by atoms with van der Waals surface area (Å²) in [5, 5.41) is 9.86. The van der Waals surface area contributed by atoms with E-state index in [-0.39, 0.29) is 11.8 Å². The van der Waals surface area contributed by atoms with Crippen LogP contribution in [0.2, 0.25) is 0 Å². The Balaban J connectivity index is 1.58. The molecule has 0 bridgehead atoms. The second-order valence-corrected chi connectivity index (χ2v) is 8.67. The third kappa shape index (κ3) is 3.69. The van der Waals surface area contributed by atoms with Gasteiger partial charge in [-0.25, -0.2) is 4.98 Å². The van der Waals surface area contributed by atoms with Gasteiger partial charge >= 0.3 is 0 Å². The smallest absolute Gasteiger partial charge is 0.256 e. The zero-order valence-corrected chi connectivity index (χ0v) is 16.4. The Morgan fingerprint density at radius 3 is 2.96 bits per heavy atom. The normalized spacial score (nSPS) is 17.6. The number of hydrogen-bond acceptors (Lipinski definition) is 5. The molecule has 140 valence electrons. The predicted molar refractivity (Wildman–Crippen MR) is 106 cm³/mol. The molecule has 0 aromatic carbocycles. The SMILES string of the molecule is CC(C)Sc1ncccc1C(=O)N1CCC[C@H](c2nnc3ccccn23)C1. The Hall–Kier alpha value is -2.41. The van der Waals surface area contributed by atoms with Crippen molar-refractivity contribution in [2.24, 2.45) is 0 Å². The topological polar surface area (TPSA) is 63.4 Å². The summed E-state index contributed by atoms with van der Waals surface area (Å²) in [4.78, 5) is 19.6. The molecule has 1 aliphatic heterocycles. The van der Waals surface area contributed by atoms with Crippen LogP contribution in [-0.4, -0.2) is 48.7 Å². The fourth-order valence-electron chi connectivity index (χ4n) is 3.55. The molecule has 0 unspecified atom stereocenters. The third-order valence-corrected chi connectivity index (χ3v) is 5.78. The number of likely N-dealkylation sites (tertiary alicyclic amines) is 1. The number of carbonyl (C=O) groups excluding carboxylic acids is 1. The summed E-state index contributed by atoms with van der Waals surface area (Å²) in [6, 6.07) is 9.62. The molecule has 0 aliphatic carbocycles. The van der Waals surface area contributed by atoms with Crippen molar-refractivity contribution in [3.05, 3.63) is 54.1 Å². The van der Waals surface area contributed by atoms with Gasteiger partial charge < -0.3 is 4.90 Å². The van der Waals surface area contributed by atoms with Crippen molar-refractivity contribution in [3.8, 4) is 0 Å². The molecular weight excluding hydrogens is 358 g/mol. The molecule has 1 fully saturated rings. The highest BCUT2D eigenvalue weighted by molar-refractivity contribution is 7.99. The molecule has 1 atom stereocenters. The van der Waals surface area contributed by atoms with Crippen LogP contribution in [0.3, 0.4) is 0 Å². The van der Waals surface area contributed by atoms with E-state index in [2.05, 4.69) is 29.0 Å². The van der Waals surface area contributed by atoms with Crippen LogP contribution < -0.4 is 0 Å². The molecule has 1 amide bonds. The average molecular weight is 382 g/mol. The first kappa shape index (κ1) is 18.0. The average Bonchev–Trinajstić information content (AvgIpc) is 3.12. The standard InChI is InChI=1S/C20H23N5OS/c1-14(2)27-19-16(8-5-10-21-19)20(26)24-11-6-7-15(13-24)18-23-22-17-9-3-4-12-25(17)18/h3-5,8-10,12,14-15H,6-7,11,13H2,1-2H3/t15-/m0/s1. The van der Waals surface area contributed by atoms with Gasteiger partial charge in [0.2, 0.25) is 0 Å². The van der Waals surface area contributed by atoms with Crippen molar-refractivity contribution in [1.29, 1.82) is 0 Å². The van der Waals surface area contributed by atoms with Gasteiger partial charge in [0.25, 0.3) is 5.91 Å². The molecule has 3 aromatic rings. The molecule has 4 heterocycles. The lowest BCUT2D eigenvalue weighted by Gasteiger charge is -2.32. The van der Waals surface area contributed by atoms with Gasteiger partial charge in [-0.15, -0.1) is 22.0 Å². The van der Waals surface area contributed by atoms with Gasteiger partial charge in [-0.05, 0) is 37.1 Å². The Labute approximate surface area is 163 Å². The number of aromatic nitrogens is 4. The largest absolute Gasteiger partial charge is 0.338 e. The number of hydrogen-bond donors (Lipinski definition) is 0. The van der Waals surface area contributed by atoms with E-state index >= 15 is 0 Å². The van der Waals surface area contributed by atoms with E-state index in [4.69, 9.17) is 0 Å². The predicted octanol–water partition coefficient (Wildman–Crippen LogP) is 3.64. The van der Waals surface area contributed by atoms with Gasteiger partial charge in [-0.1, -0.05) is 19.9 Å². The lowest BCUT2D eigenvalue weighted by atomic mass is 9.96.